The van der Waals surface area contributed by atoms with Crippen LogP contribution < -0.4 is 5.32 Å². The Hall–Kier alpha value is -1.51. The van der Waals surface area contributed by atoms with Crippen LogP contribution in [0.25, 0.3) is 0 Å². The van der Waals surface area contributed by atoms with E-state index in [-0.39, 0.29) is 5.91 Å². The monoisotopic (exact) mass is 293 g/mol. The minimum absolute atomic E-state index is 0.293. The van der Waals surface area contributed by atoms with Crippen molar-refractivity contribution in [2.75, 3.05) is 5.32 Å². The van der Waals surface area contributed by atoms with Gasteiger partial charge in [-0.15, -0.1) is 11.6 Å². The van der Waals surface area contributed by atoms with Gasteiger partial charge in [0.1, 0.15) is 5.38 Å². The van der Waals surface area contributed by atoms with Gasteiger partial charge in [0.05, 0.1) is 10.7 Å². The minimum Gasteiger partial charge on any atom is -0.323 e. The fraction of sp³-hybridized carbons (Fsp3) is 0.133. The Balaban J connectivity index is 2.13. The smallest absolute Gasteiger partial charge is 0.247 e. The SMILES string of the molecule is Cc1ccc(NC(=O)C(Cl)c2ccccc2)c(Cl)c1. The zero-order chi connectivity index (χ0) is 13.8. The Morgan fingerprint density at radius 2 is 1.84 bits per heavy atom. The molecule has 2 aromatic rings. The van der Waals surface area contributed by atoms with E-state index in [0.717, 1.165) is 11.1 Å². The molecule has 0 fully saturated rings. The molecule has 19 heavy (non-hydrogen) atoms. The third kappa shape index (κ3) is 3.49. The molecule has 2 rings (SSSR count). The molecule has 1 unspecified atom stereocenters. The van der Waals surface area contributed by atoms with Gasteiger partial charge in [0.2, 0.25) is 5.91 Å². The van der Waals surface area contributed by atoms with Gasteiger partial charge in [-0.05, 0) is 30.2 Å². The van der Waals surface area contributed by atoms with Crippen LogP contribution in [-0.4, -0.2) is 5.91 Å². The second kappa shape index (κ2) is 6.09. The number of nitrogens with one attached hydrogen (secondary N) is 1. The van der Waals surface area contributed by atoms with Crippen molar-refractivity contribution in [1.82, 2.24) is 0 Å². The summed E-state index contributed by atoms with van der Waals surface area (Å²) >= 11 is 12.2. The van der Waals surface area contributed by atoms with Crippen LogP contribution in [-0.2, 0) is 4.79 Å². The van der Waals surface area contributed by atoms with Crippen molar-refractivity contribution in [2.45, 2.75) is 12.3 Å². The molecular weight excluding hydrogens is 281 g/mol. The molecule has 0 saturated heterocycles. The number of hydrogen-bond acceptors (Lipinski definition) is 1. The second-order valence-electron chi connectivity index (χ2n) is 4.25. The lowest BCUT2D eigenvalue weighted by molar-refractivity contribution is -0.116. The van der Waals surface area contributed by atoms with Gasteiger partial charge in [-0.1, -0.05) is 48.0 Å². The lowest BCUT2D eigenvalue weighted by Gasteiger charge is -2.12. The number of hydrogen-bond donors (Lipinski definition) is 1. The lowest BCUT2D eigenvalue weighted by Crippen LogP contribution is -2.17. The average Bonchev–Trinajstić information content (AvgIpc) is 2.42. The van der Waals surface area contributed by atoms with E-state index in [2.05, 4.69) is 5.32 Å². The summed E-state index contributed by atoms with van der Waals surface area (Å²) in [6, 6.07) is 14.6. The van der Waals surface area contributed by atoms with Crippen molar-refractivity contribution < 1.29 is 4.79 Å². The van der Waals surface area contributed by atoms with E-state index in [1.165, 1.54) is 0 Å². The number of rotatable bonds is 3. The van der Waals surface area contributed by atoms with E-state index < -0.39 is 5.38 Å². The summed E-state index contributed by atoms with van der Waals surface area (Å²) in [7, 11) is 0. The molecular formula is C15H13Cl2NO. The highest BCUT2D eigenvalue weighted by Gasteiger charge is 2.18. The molecule has 0 heterocycles. The summed E-state index contributed by atoms with van der Waals surface area (Å²) in [6.45, 7) is 1.94. The highest BCUT2D eigenvalue weighted by atomic mass is 35.5. The summed E-state index contributed by atoms with van der Waals surface area (Å²) in [4.78, 5) is 12.0. The molecule has 1 atom stereocenters. The van der Waals surface area contributed by atoms with Crippen molar-refractivity contribution in [2.24, 2.45) is 0 Å². The van der Waals surface area contributed by atoms with Crippen molar-refractivity contribution in [3.05, 3.63) is 64.7 Å². The maximum atomic E-state index is 12.0. The van der Waals surface area contributed by atoms with Crippen LogP contribution in [0.3, 0.4) is 0 Å². The molecule has 1 amide bonds. The third-order valence-corrected chi connectivity index (χ3v) is 3.47. The van der Waals surface area contributed by atoms with Crippen LogP contribution in [0.15, 0.2) is 48.5 Å². The summed E-state index contributed by atoms with van der Waals surface area (Å²) in [6.07, 6.45) is 0. The van der Waals surface area contributed by atoms with Gasteiger partial charge < -0.3 is 5.32 Å². The first kappa shape index (κ1) is 13.9. The molecule has 2 aromatic carbocycles. The largest absolute Gasteiger partial charge is 0.323 e. The van der Waals surface area contributed by atoms with Crippen LogP contribution in [0.1, 0.15) is 16.5 Å². The normalized spacial score (nSPS) is 11.9. The standard InChI is InChI=1S/C15H13Cl2NO/c1-10-7-8-13(12(16)9-10)18-15(19)14(17)11-5-3-2-4-6-11/h2-9,14H,1H3,(H,18,19). The van der Waals surface area contributed by atoms with Crippen LogP contribution >= 0.6 is 23.2 Å². The zero-order valence-corrected chi connectivity index (χ0v) is 11.9. The summed E-state index contributed by atoms with van der Waals surface area (Å²) in [5.74, 6) is -0.293. The van der Waals surface area contributed by atoms with E-state index in [1.807, 2.05) is 43.3 Å². The van der Waals surface area contributed by atoms with E-state index in [0.29, 0.717) is 10.7 Å². The van der Waals surface area contributed by atoms with E-state index >= 15 is 0 Å². The van der Waals surface area contributed by atoms with Gasteiger partial charge in [0.15, 0.2) is 0 Å². The number of alkyl halides is 1. The number of benzene rings is 2. The molecule has 0 aliphatic rings. The molecule has 98 valence electrons. The van der Waals surface area contributed by atoms with Gasteiger partial charge in [0, 0.05) is 0 Å². The van der Waals surface area contributed by atoms with Crippen LogP contribution in [0.5, 0.6) is 0 Å². The summed E-state index contributed by atoms with van der Waals surface area (Å²) in [5.41, 5.74) is 2.36. The quantitative estimate of drug-likeness (QED) is 0.826. The molecule has 0 aliphatic carbocycles. The molecule has 0 radical (unpaired) electrons. The Kier molecular flexibility index (Phi) is 4.46. The fourth-order valence-corrected chi connectivity index (χ4v) is 2.17. The molecule has 0 aliphatic heterocycles. The maximum absolute atomic E-state index is 12.0. The van der Waals surface area contributed by atoms with Gasteiger partial charge in [-0.25, -0.2) is 0 Å². The van der Waals surface area contributed by atoms with Crippen molar-refractivity contribution in [1.29, 1.82) is 0 Å². The van der Waals surface area contributed by atoms with Crippen molar-refractivity contribution >= 4 is 34.8 Å². The molecule has 0 spiro atoms. The number of carbonyl (C=O) groups excluding carboxylic acids is 1. The van der Waals surface area contributed by atoms with Crippen LogP contribution in [0, 0.1) is 6.92 Å². The molecule has 4 heteroatoms. The summed E-state index contributed by atoms with van der Waals surface area (Å²) in [5, 5.41) is 2.50. The number of anilines is 1. The van der Waals surface area contributed by atoms with Gasteiger partial charge >= 0.3 is 0 Å². The zero-order valence-electron chi connectivity index (χ0n) is 10.4. The first-order chi connectivity index (χ1) is 9.08. The van der Waals surface area contributed by atoms with Crippen molar-refractivity contribution in [3.63, 3.8) is 0 Å². The van der Waals surface area contributed by atoms with Crippen LogP contribution in [0.4, 0.5) is 5.69 Å². The average molecular weight is 294 g/mol. The highest BCUT2D eigenvalue weighted by Crippen LogP contribution is 2.26. The Bertz CT molecular complexity index is 584. The molecule has 0 saturated carbocycles. The summed E-state index contributed by atoms with van der Waals surface area (Å²) < 4.78 is 0. The first-order valence-corrected chi connectivity index (χ1v) is 6.65. The Morgan fingerprint density at radius 3 is 2.47 bits per heavy atom. The molecule has 0 bridgehead atoms. The Morgan fingerprint density at radius 1 is 1.16 bits per heavy atom. The molecule has 2 nitrogen and oxygen atoms in total. The fourth-order valence-electron chi connectivity index (χ4n) is 1.69. The molecule has 0 aromatic heterocycles. The molecule has 1 N–H and O–H groups in total. The second-order valence-corrected chi connectivity index (χ2v) is 5.09. The first-order valence-electron chi connectivity index (χ1n) is 5.84. The predicted octanol–water partition coefficient (Wildman–Crippen LogP) is 4.57. The van der Waals surface area contributed by atoms with Crippen LogP contribution in [0.2, 0.25) is 5.02 Å². The lowest BCUT2D eigenvalue weighted by atomic mass is 10.1. The highest BCUT2D eigenvalue weighted by molar-refractivity contribution is 6.35. The van der Waals surface area contributed by atoms with E-state index in [1.54, 1.807) is 12.1 Å². The predicted molar refractivity (Wildman–Crippen MR) is 79.9 cm³/mol. The number of amides is 1. The minimum atomic E-state index is -0.737. The number of aryl methyl sites for hydroxylation is 1. The van der Waals surface area contributed by atoms with Crippen molar-refractivity contribution in [3.8, 4) is 0 Å². The third-order valence-electron chi connectivity index (χ3n) is 2.70. The van der Waals surface area contributed by atoms with E-state index in [9.17, 15) is 4.79 Å². The maximum Gasteiger partial charge on any atom is 0.247 e. The van der Waals surface area contributed by atoms with Gasteiger partial charge in [-0.3, -0.25) is 4.79 Å². The van der Waals surface area contributed by atoms with Gasteiger partial charge in [-0.2, -0.15) is 0 Å². The Labute approximate surface area is 122 Å². The number of carbonyl (C=O) groups is 1. The van der Waals surface area contributed by atoms with E-state index in [4.69, 9.17) is 23.2 Å². The topological polar surface area (TPSA) is 29.1 Å². The van der Waals surface area contributed by atoms with Gasteiger partial charge in [0.25, 0.3) is 0 Å². The number of halogens is 2.